The van der Waals surface area contributed by atoms with Gasteiger partial charge in [-0.2, -0.15) is 0 Å². The second kappa shape index (κ2) is 8.40. The Labute approximate surface area is 115 Å². The van der Waals surface area contributed by atoms with Crippen LogP contribution in [0.4, 0.5) is 0 Å². The molecule has 19 heavy (non-hydrogen) atoms. The number of ether oxygens (including phenoxy) is 2. The fourth-order valence-electron chi connectivity index (χ4n) is 1.87. The molecule has 0 bridgehead atoms. The van der Waals surface area contributed by atoms with Crippen molar-refractivity contribution in [1.29, 1.82) is 0 Å². The molecule has 0 aromatic heterocycles. The second-order valence-electron chi connectivity index (χ2n) is 4.43. The van der Waals surface area contributed by atoms with Crippen molar-refractivity contribution < 1.29 is 14.3 Å². The van der Waals surface area contributed by atoms with Gasteiger partial charge in [-0.3, -0.25) is 4.79 Å². The van der Waals surface area contributed by atoms with Crippen LogP contribution in [-0.2, 0) is 11.2 Å². The predicted molar refractivity (Wildman–Crippen MR) is 75.8 cm³/mol. The van der Waals surface area contributed by atoms with Crippen LogP contribution in [0.25, 0.3) is 0 Å². The maximum absolute atomic E-state index is 10.5. The third-order valence-corrected chi connectivity index (χ3v) is 2.97. The van der Waals surface area contributed by atoms with E-state index < -0.39 is 0 Å². The van der Waals surface area contributed by atoms with Gasteiger partial charge < -0.3 is 14.8 Å². The van der Waals surface area contributed by atoms with Gasteiger partial charge in [0.2, 0.25) is 6.41 Å². The maximum Gasteiger partial charge on any atom is 0.207 e. The molecule has 1 N–H and O–H groups in total. The lowest BCUT2D eigenvalue weighted by Gasteiger charge is -2.16. The van der Waals surface area contributed by atoms with E-state index in [0.29, 0.717) is 6.61 Å². The SMILES string of the molecule is CCCOc1cc(C[C@@H](CC)NC=O)ccc1OC. The van der Waals surface area contributed by atoms with Crippen LogP contribution in [0, 0.1) is 0 Å². The molecular weight excluding hydrogens is 242 g/mol. The number of methoxy groups -OCH3 is 1. The Balaban J connectivity index is 2.81. The summed E-state index contributed by atoms with van der Waals surface area (Å²) in [5.74, 6) is 1.51. The average Bonchev–Trinajstić information content (AvgIpc) is 2.44. The highest BCUT2D eigenvalue weighted by molar-refractivity contribution is 5.47. The van der Waals surface area contributed by atoms with Crippen molar-refractivity contribution in [2.75, 3.05) is 13.7 Å². The fraction of sp³-hybridized carbons (Fsp3) is 0.533. The minimum absolute atomic E-state index is 0.157. The van der Waals surface area contributed by atoms with E-state index in [0.717, 1.165) is 42.7 Å². The molecule has 0 radical (unpaired) electrons. The van der Waals surface area contributed by atoms with Crippen molar-refractivity contribution in [2.45, 2.75) is 39.2 Å². The number of rotatable bonds is 9. The Hall–Kier alpha value is -1.71. The van der Waals surface area contributed by atoms with Crippen molar-refractivity contribution >= 4 is 6.41 Å². The zero-order valence-electron chi connectivity index (χ0n) is 11.9. The predicted octanol–water partition coefficient (Wildman–Crippen LogP) is 2.55. The number of benzene rings is 1. The van der Waals surface area contributed by atoms with Crippen LogP contribution in [0.1, 0.15) is 32.3 Å². The molecule has 0 unspecified atom stereocenters. The molecule has 0 spiro atoms. The lowest BCUT2D eigenvalue weighted by Crippen LogP contribution is -2.29. The van der Waals surface area contributed by atoms with E-state index >= 15 is 0 Å². The number of amides is 1. The maximum atomic E-state index is 10.5. The molecule has 1 aromatic rings. The summed E-state index contributed by atoms with van der Waals surface area (Å²) < 4.78 is 11.0. The van der Waals surface area contributed by atoms with Crippen molar-refractivity contribution in [3.8, 4) is 11.5 Å². The quantitative estimate of drug-likeness (QED) is 0.698. The van der Waals surface area contributed by atoms with Crippen LogP contribution in [0.5, 0.6) is 11.5 Å². The third kappa shape index (κ3) is 4.81. The molecule has 0 aliphatic rings. The summed E-state index contributed by atoms with van der Waals surface area (Å²) in [5, 5.41) is 2.82. The molecule has 1 amide bonds. The van der Waals surface area contributed by atoms with Gasteiger partial charge in [-0.05, 0) is 37.0 Å². The van der Waals surface area contributed by atoms with Crippen molar-refractivity contribution in [3.05, 3.63) is 23.8 Å². The Morgan fingerprint density at radius 1 is 1.32 bits per heavy atom. The lowest BCUT2D eigenvalue weighted by molar-refractivity contribution is -0.110. The molecule has 0 aliphatic heterocycles. The van der Waals surface area contributed by atoms with Crippen molar-refractivity contribution in [1.82, 2.24) is 5.32 Å². The number of hydrogen-bond donors (Lipinski definition) is 1. The summed E-state index contributed by atoms with van der Waals surface area (Å²) in [7, 11) is 1.64. The molecule has 1 aromatic carbocycles. The van der Waals surface area contributed by atoms with Gasteiger partial charge in [0.15, 0.2) is 11.5 Å². The van der Waals surface area contributed by atoms with Crippen LogP contribution in [0.15, 0.2) is 18.2 Å². The van der Waals surface area contributed by atoms with Gasteiger partial charge in [0.25, 0.3) is 0 Å². The van der Waals surface area contributed by atoms with Gasteiger partial charge in [0.1, 0.15) is 0 Å². The fourth-order valence-corrected chi connectivity index (χ4v) is 1.87. The molecule has 0 heterocycles. The van der Waals surface area contributed by atoms with Gasteiger partial charge >= 0.3 is 0 Å². The van der Waals surface area contributed by atoms with E-state index in [2.05, 4.69) is 19.2 Å². The minimum atomic E-state index is 0.157. The largest absolute Gasteiger partial charge is 0.493 e. The van der Waals surface area contributed by atoms with Crippen LogP contribution in [-0.4, -0.2) is 26.2 Å². The summed E-state index contributed by atoms with van der Waals surface area (Å²) in [4.78, 5) is 10.5. The van der Waals surface area contributed by atoms with Gasteiger partial charge in [-0.1, -0.05) is 19.9 Å². The molecule has 0 saturated heterocycles. The molecule has 0 saturated carbocycles. The lowest BCUT2D eigenvalue weighted by atomic mass is 10.0. The van der Waals surface area contributed by atoms with Gasteiger partial charge in [-0.15, -0.1) is 0 Å². The standard InChI is InChI=1S/C15H23NO3/c1-4-8-19-15-10-12(6-7-14(15)18-3)9-13(5-2)16-11-17/h6-7,10-11,13H,4-5,8-9H2,1-3H3,(H,16,17)/t13-/m1/s1. The Morgan fingerprint density at radius 3 is 2.68 bits per heavy atom. The van der Waals surface area contributed by atoms with E-state index in [1.807, 2.05) is 18.2 Å². The normalized spacial score (nSPS) is 11.7. The molecule has 4 heteroatoms. The Morgan fingerprint density at radius 2 is 2.11 bits per heavy atom. The van der Waals surface area contributed by atoms with Gasteiger partial charge in [0.05, 0.1) is 13.7 Å². The van der Waals surface area contributed by atoms with Gasteiger partial charge in [0, 0.05) is 6.04 Å². The molecular formula is C15H23NO3. The van der Waals surface area contributed by atoms with E-state index in [1.54, 1.807) is 7.11 Å². The van der Waals surface area contributed by atoms with Crippen molar-refractivity contribution in [3.63, 3.8) is 0 Å². The highest BCUT2D eigenvalue weighted by atomic mass is 16.5. The first-order valence-corrected chi connectivity index (χ1v) is 6.74. The Kier molecular flexibility index (Phi) is 6.79. The van der Waals surface area contributed by atoms with Gasteiger partial charge in [-0.25, -0.2) is 0 Å². The minimum Gasteiger partial charge on any atom is -0.493 e. The highest BCUT2D eigenvalue weighted by Crippen LogP contribution is 2.28. The molecule has 106 valence electrons. The Bertz CT molecular complexity index is 393. The summed E-state index contributed by atoms with van der Waals surface area (Å²) >= 11 is 0. The summed E-state index contributed by atoms with van der Waals surface area (Å²) in [6.45, 7) is 4.79. The van der Waals surface area contributed by atoms with Crippen molar-refractivity contribution in [2.24, 2.45) is 0 Å². The second-order valence-corrected chi connectivity index (χ2v) is 4.43. The highest BCUT2D eigenvalue weighted by Gasteiger charge is 2.10. The van der Waals surface area contributed by atoms with Crippen LogP contribution in [0.2, 0.25) is 0 Å². The first-order chi connectivity index (χ1) is 9.24. The zero-order valence-corrected chi connectivity index (χ0v) is 11.9. The molecule has 1 rings (SSSR count). The summed E-state index contributed by atoms with van der Waals surface area (Å²) in [6, 6.07) is 6.06. The smallest absolute Gasteiger partial charge is 0.207 e. The van der Waals surface area contributed by atoms with E-state index in [-0.39, 0.29) is 6.04 Å². The first-order valence-electron chi connectivity index (χ1n) is 6.74. The monoisotopic (exact) mass is 265 g/mol. The molecule has 0 fully saturated rings. The summed E-state index contributed by atoms with van der Waals surface area (Å²) in [5.41, 5.74) is 1.13. The van der Waals surface area contributed by atoms with Crippen LogP contribution < -0.4 is 14.8 Å². The number of nitrogens with one attached hydrogen (secondary N) is 1. The zero-order chi connectivity index (χ0) is 14.1. The summed E-state index contributed by atoms with van der Waals surface area (Å²) in [6.07, 6.45) is 3.40. The van der Waals surface area contributed by atoms with Crippen LogP contribution in [0.3, 0.4) is 0 Å². The molecule has 4 nitrogen and oxygen atoms in total. The van der Waals surface area contributed by atoms with E-state index in [1.165, 1.54) is 0 Å². The molecule has 1 atom stereocenters. The van der Waals surface area contributed by atoms with E-state index in [4.69, 9.17) is 9.47 Å². The first kappa shape index (κ1) is 15.3. The number of carbonyl (C=O) groups excluding carboxylic acids is 1. The van der Waals surface area contributed by atoms with E-state index in [9.17, 15) is 4.79 Å². The van der Waals surface area contributed by atoms with Crippen LogP contribution >= 0.6 is 0 Å². The third-order valence-electron chi connectivity index (χ3n) is 2.97. The number of hydrogen-bond acceptors (Lipinski definition) is 3. The number of carbonyl (C=O) groups is 1. The topological polar surface area (TPSA) is 47.6 Å². The average molecular weight is 265 g/mol. The molecule has 0 aliphatic carbocycles.